The molecule has 0 aliphatic carbocycles. The Kier molecular flexibility index (Phi) is 4.78. The van der Waals surface area contributed by atoms with E-state index in [0.717, 1.165) is 15.8 Å². The predicted octanol–water partition coefficient (Wildman–Crippen LogP) is 0.0742. The predicted molar refractivity (Wildman–Crippen MR) is 93.9 cm³/mol. The van der Waals surface area contributed by atoms with Crippen molar-refractivity contribution in [2.24, 2.45) is 7.05 Å². The van der Waals surface area contributed by atoms with Crippen molar-refractivity contribution in [2.75, 3.05) is 0 Å². The number of hydrogen-bond donors (Lipinski definition) is 2. The third-order valence-electron chi connectivity index (χ3n) is 4.06. The van der Waals surface area contributed by atoms with Crippen LogP contribution in [0.2, 0.25) is 0 Å². The van der Waals surface area contributed by atoms with Gasteiger partial charge in [-0.05, 0) is 24.6 Å². The van der Waals surface area contributed by atoms with Crippen LogP contribution in [0, 0.1) is 0 Å². The van der Waals surface area contributed by atoms with Gasteiger partial charge in [0.25, 0.3) is 5.56 Å². The molecule has 26 heavy (non-hydrogen) atoms. The number of carbonyl (C=O) groups excluding carboxylic acids is 1. The van der Waals surface area contributed by atoms with E-state index in [1.807, 2.05) is 31.2 Å². The average Bonchev–Trinajstić information content (AvgIpc) is 3.17. The molecule has 0 bridgehead atoms. The smallest absolute Gasteiger partial charge is 0.328 e. The maximum atomic E-state index is 12.2. The Hall–Kier alpha value is -3.49. The minimum Gasteiger partial charge on any atom is -0.349 e. The first-order valence-corrected chi connectivity index (χ1v) is 7.97. The Labute approximate surface area is 148 Å². The number of amides is 1. The SMILES string of the molecule is C[C@@H](NC(=O)Cc1c[nH]c(=O)n(C)c1=O)c1ccc(-n2cncn2)cc1. The summed E-state index contributed by atoms with van der Waals surface area (Å²) in [6.07, 6.45) is 4.23. The lowest BCUT2D eigenvalue weighted by Crippen LogP contribution is -2.37. The first-order valence-electron chi connectivity index (χ1n) is 7.97. The topological polar surface area (TPSA) is 115 Å². The summed E-state index contributed by atoms with van der Waals surface area (Å²) in [5.74, 6) is -0.304. The van der Waals surface area contributed by atoms with E-state index in [2.05, 4.69) is 20.4 Å². The lowest BCUT2D eigenvalue weighted by Gasteiger charge is -2.15. The van der Waals surface area contributed by atoms with Crippen molar-refractivity contribution < 1.29 is 4.79 Å². The summed E-state index contributed by atoms with van der Waals surface area (Å²) in [4.78, 5) is 41.9. The van der Waals surface area contributed by atoms with E-state index in [1.165, 1.54) is 19.6 Å². The summed E-state index contributed by atoms with van der Waals surface area (Å²) in [5.41, 5.74) is 1.02. The molecule has 3 rings (SSSR count). The molecule has 0 aliphatic rings. The zero-order valence-electron chi connectivity index (χ0n) is 14.3. The van der Waals surface area contributed by atoms with Crippen molar-refractivity contribution in [3.8, 4) is 5.69 Å². The van der Waals surface area contributed by atoms with Crippen LogP contribution in [0.25, 0.3) is 5.69 Å². The van der Waals surface area contributed by atoms with Gasteiger partial charge in [0.15, 0.2) is 0 Å². The first kappa shape index (κ1) is 17.3. The maximum absolute atomic E-state index is 12.2. The van der Waals surface area contributed by atoms with E-state index in [1.54, 1.807) is 11.0 Å². The van der Waals surface area contributed by atoms with Crippen molar-refractivity contribution in [1.82, 2.24) is 29.6 Å². The van der Waals surface area contributed by atoms with Crippen molar-refractivity contribution in [3.63, 3.8) is 0 Å². The molecule has 9 nitrogen and oxygen atoms in total. The van der Waals surface area contributed by atoms with Gasteiger partial charge in [0.2, 0.25) is 5.91 Å². The van der Waals surface area contributed by atoms with E-state index in [0.29, 0.717) is 0 Å². The Bertz CT molecular complexity index is 1020. The largest absolute Gasteiger partial charge is 0.349 e. The van der Waals surface area contributed by atoms with Crippen molar-refractivity contribution in [2.45, 2.75) is 19.4 Å². The highest BCUT2D eigenvalue weighted by molar-refractivity contribution is 5.78. The molecule has 1 atom stereocenters. The molecule has 134 valence electrons. The van der Waals surface area contributed by atoms with Gasteiger partial charge >= 0.3 is 5.69 Å². The molecule has 2 aromatic heterocycles. The van der Waals surface area contributed by atoms with Crippen LogP contribution in [0.4, 0.5) is 0 Å². The van der Waals surface area contributed by atoms with Gasteiger partial charge in [0.05, 0.1) is 18.2 Å². The van der Waals surface area contributed by atoms with Gasteiger partial charge in [-0.1, -0.05) is 12.1 Å². The van der Waals surface area contributed by atoms with Gasteiger partial charge in [-0.25, -0.2) is 14.5 Å². The highest BCUT2D eigenvalue weighted by atomic mass is 16.2. The summed E-state index contributed by atoms with van der Waals surface area (Å²) in [6, 6.07) is 7.30. The first-order chi connectivity index (χ1) is 12.5. The van der Waals surface area contributed by atoms with Crippen LogP contribution < -0.4 is 16.6 Å². The number of aromatic amines is 1. The Morgan fingerprint density at radius 2 is 2.00 bits per heavy atom. The van der Waals surface area contributed by atoms with Crippen LogP contribution >= 0.6 is 0 Å². The third-order valence-corrected chi connectivity index (χ3v) is 4.06. The molecule has 0 spiro atoms. The summed E-state index contributed by atoms with van der Waals surface area (Å²) < 4.78 is 2.58. The quantitative estimate of drug-likeness (QED) is 0.673. The molecule has 0 aliphatic heterocycles. The summed E-state index contributed by atoms with van der Waals surface area (Å²) in [6.45, 7) is 1.85. The molecule has 0 fully saturated rings. The Morgan fingerprint density at radius 3 is 2.65 bits per heavy atom. The molecule has 3 aromatic rings. The van der Waals surface area contributed by atoms with Crippen LogP contribution in [0.5, 0.6) is 0 Å². The molecule has 2 heterocycles. The number of nitrogens with zero attached hydrogens (tertiary/aromatic N) is 4. The number of rotatable bonds is 5. The molecule has 0 radical (unpaired) electrons. The lowest BCUT2D eigenvalue weighted by molar-refractivity contribution is -0.121. The van der Waals surface area contributed by atoms with Gasteiger partial charge in [-0.3, -0.25) is 14.2 Å². The van der Waals surface area contributed by atoms with Gasteiger partial charge in [0, 0.05) is 18.8 Å². The normalized spacial score (nSPS) is 11.9. The molecular formula is C17H18N6O3. The van der Waals surface area contributed by atoms with Gasteiger partial charge in [-0.2, -0.15) is 5.10 Å². The third kappa shape index (κ3) is 3.61. The van der Waals surface area contributed by atoms with E-state index < -0.39 is 11.2 Å². The zero-order chi connectivity index (χ0) is 18.7. The Balaban J connectivity index is 1.67. The highest BCUT2D eigenvalue weighted by Gasteiger charge is 2.13. The van der Waals surface area contributed by atoms with Crippen LogP contribution in [-0.4, -0.2) is 30.2 Å². The van der Waals surface area contributed by atoms with Crippen molar-refractivity contribution in [3.05, 3.63) is 75.1 Å². The highest BCUT2D eigenvalue weighted by Crippen LogP contribution is 2.15. The van der Waals surface area contributed by atoms with Crippen molar-refractivity contribution >= 4 is 5.91 Å². The van der Waals surface area contributed by atoms with Gasteiger partial charge in [-0.15, -0.1) is 0 Å². The molecular weight excluding hydrogens is 336 g/mol. The molecule has 0 saturated heterocycles. The number of hydrogen-bond acceptors (Lipinski definition) is 5. The number of benzene rings is 1. The molecule has 0 saturated carbocycles. The van der Waals surface area contributed by atoms with Crippen LogP contribution in [0.1, 0.15) is 24.1 Å². The van der Waals surface area contributed by atoms with E-state index in [9.17, 15) is 14.4 Å². The van der Waals surface area contributed by atoms with Crippen LogP contribution in [-0.2, 0) is 18.3 Å². The number of aromatic nitrogens is 5. The molecule has 1 amide bonds. The number of carbonyl (C=O) groups is 1. The minimum absolute atomic E-state index is 0.106. The molecule has 0 unspecified atom stereocenters. The lowest BCUT2D eigenvalue weighted by atomic mass is 10.1. The standard InChI is InChI=1S/C17H18N6O3/c1-11(12-3-5-14(6-4-12)23-10-18-9-20-23)21-15(24)7-13-8-19-17(26)22(2)16(13)25/h3-6,8-11H,7H2,1-2H3,(H,19,26)(H,21,24)/t11-/m1/s1. The average molecular weight is 354 g/mol. The second kappa shape index (κ2) is 7.18. The second-order valence-electron chi connectivity index (χ2n) is 5.88. The van der Waals surface area contributed by atoms with E-state index in [-0.39, 0.29) is 23.9 Å². The number of H-pyrrole nitrogens is 1. The fraction of sp³-hybridized carbons (Fsp3) is 0.235. The Morgan fingerprint density at radius 1 is 1.27 bits per heavy atom. The number of nitrogens with one attached hydrogen (secondary N) is 2. The molecule has 1 aromatic carbocycles. The van der Waals surface area contributed by atoms with Gasteiger partial charge in [0.1, 0.15) is 12.7 Å². The fourth-order valence-corrected chi connectivity index (χ4v) is 2.55. The monoisotopic (exact) mass is 354 g/mol. The summed E-state index contributed by atoms with van der Waals surface area (Å²) >= 11 is 0. The molecule has 9 heteroatoms. The van der Waals surface area contributed by atoms with E-state index >= 15 is 0 Å². The molecule has 2 N–H and O–H groups in total. The zero-order valence-corrected chi connectivity index (χ0v) is 14.3. The van der Waals surface area contributed by atoms with E-state index in [4.69, 9.17) is 0 Å². The van der Waals surface area contributed by atoms with Crippen LogP contribution in [0.3, 0.4) is 0 Å². The van der Waals surface area contributed by atoms with Crippen LogP contribution in [0.15, 0.2) is 52.7 Å². The van der Waals surface area contributed by atoms with Crippen molar-refractivity contribution in [1.29, 1.82) is 0 Å². The minimum atomic E-state index is -0.514. The van der Waals surface area contributed by atoms with Gasteiger partial charge < -0.3 is 10.3 Å². The summed E-state index contributed by atoms with van der Waals surface area (Å²) in [5, 5.41) is 6.90. The fourth-order valence-electron chi connectivity index (χ4n) is 2.55. The second-order valence-corrected chi connectivity index (χ2v) is 5.88. The maximum Gasteiger partial charge on any atom is 0.328 e. The summed E-state index contributed by atoms with van der Waals surface area (Å²) in [7, 11) is 1.36.